The molecular weight excluding hydrogens is 233 g/mol. The molecule has 4 nitrogen and oxygen atoms in total. The Kier molecular flexibility index (Phi) is 3.72. The number of hydrogen-bond donors (Lipinski definition) is 1. The highest BCUT2D eigenvalue weighted by Gasteiger charge is 2.14. The first-order valence-corrected chi connectivity index (χ1v) is 5.90. The lowest BCUT2D eigenvalue weighted by molar-refractivity contribution is 0.262. The lowest BCUT2D eigenvalue weighted by atomic mass is 10.2. The lowest BCUT2D eigenvalue weighted by Crippen LogP contribution is -2.10. The van der Waals surface area contributed by atoms with E-state index in [1.54, 1.807) is 12.1 Å². The maximum Gasteiger partial charge on any atom is 0.164 e. The molecule has 0 radical (unpaired) electrons. The van der Waals surface area contributed by atoms with Crippen LogP contribution >= 0.6 is 0 Å². The van der Waals surface area contributed by atoms with Crippen molar-refractivity contribution < 1.29 is 9.50 Å². The molecule has 96 valence electrons. The van der Waals surface area contributed by atoms with Gasteiger partial charge in [-0.15, -0.1) is 10.2 Å². The van der Waals surface area contributed by atoms with Crippen molar-refractivity contribution in [1.82, 2.24) is 14.8 Å². The van der Waals surface area contributed by atoms with Crippen molar-refractivity contribution in [2.24, 2.45) is 5.92 Å². The Balaban J connectivity index is 2.47. The van der Waals surface area contributed by atoms with Crippen LogP contribution in [0, 0.1) is 11.7 Å². The van der Waals surface area contributed by atoms with E-state index in [1.807, 2.05) is 4.57 Å². The van der Waals surface area contributed by atoms with Crippen LogP contribution < -0.4 is 0 Å². The third kappa shape index (κ3) is 2.56. The summed E-state index contributed by atoms with van der Waals surface area (Å²) < 4.78 is 15.1. The fraction of sp³-hybridized carbons (Fsp3) is 0.385. The van der Waals surface area contributed by atoms with Gasteiger partial charge in [-0.05, 0) is 18.1 Å². The van der Waals surface area contributed by atoms with Gasteiger partial charge < -0.3 is 9.67 Å². The summed E-state index contributed by atoms with van der Waals surface area (Å²) in [6, 6.07) is 6.23. The molecule has 2 rings (SSSR count). The Morgan fingerprint density at radius 3 is 2.72 bits per heavy atom. The van der Waals surface area contributed by atoms with E-state index in [1.165, 1.54) is 12.1 Å². The normalized spacial score (nSPS) is 11.2. The summed E-state index contributed by atoms with van der Waals surface area (Å²) in [6.45, 7) is 4.65. The number of halogens is 1. The molecule has 0 aliphatic rings. The predicted octanol–water partition coefficient (Wildman–Crippen LogP) is 2.23. The van der Waals surface area contributed by atoms with Gasteiger partial charge in [-0.25, -0.2) is 4.39 Å². The number of rotatable bonds is 4. The number of aliphatic hydroxyl groups is 1. The van der Waals surface area contributed by atoms with Crippen LogP contribution in [-0.2, 0) is 13.2 Å². The first-order chi connectivity index (χ1) is 8.61. The standard InChI is InChI=1S/C13H16FN3O/c1-9(2)7-17-12(8-18)15-16-13(17)10-4-3-5-11(14)6-10/h3-6,9,18H,7-8H2,1-2H3. The molecule has 0 atom stereocenters. The Labute approximate surface area is 105 Å². The van der Waals surface area contributed by atoms with Gasteiger partial charge in [-0.2, -0.15) is 0 Å². The van der Waals surface area contributed by atoms with Crippen LogP contribution in [0.25, 0.3) is 11.4 Å². The summed E-state index contributed by atoms with van der Waals surface area (Å²) in [4.78, 5) is 0. The highest BCUT2D eigenvalue weighted by molar-refractivity contribution is 5.55. The van der Waals surface area contributed by atoms with E-state index in [0.29, 0.717) is 29.7 Å². The first kappa shape index (κ1) is 12.7. The third-order valence-electron chi connectivity index (χ3n) is 2.60. The molecule has 5 heteroatoms. The van der Waals surface area contributed by atoms with Crippen LogP contribution in [0.4, 0.5) is 4.39 Å². The summed E-state index contributed by atoms with van der Waals surface area (Å²) in [5.41, 5.74) is 0.669. The van der Waals surface area contributed by atoms with Gasteiger partial charge >= 0.3 is 0 Å². The molecule has 0 spiro atoms. The van der Waals surface area contributed by atoms with E-state index in [9.17, 15) is 9.50 Å². The third-order valence-corrected chi connectivity index (χ3v) is 2.60. The van der Waals surface area contributed by atoms with Gasteiger partial charge in [-0.1, -0.05) is 26.0 Å². The van der Waals surface area contributed by atoms with E-state index < -0.39 is 0 Å². The van der Waals surface area contributed by atoms with Gasteiger partial charge in [0.15, 0.2) is 11.6 Å². The van der Waals surface area contributed by atoms with Gasteiger partial charge in [0.05, 0.1) is 0 Å². The molecule has 1 N–H and O–H groups in total. The minimum absolute atomic E-state index is 0.172. The summed E-state index contributed by atoms with van der Waals surface area (Å²) in [6.07, 6.45) is 0. The van der Waals surface area contributed by atoms with Gasteiger partial charge in [-0.3, -0.25) is 0 Å². The number of benzene rings is 1. The van der Waals surface area contributed by atoms with Crippen LogP contribution in [0.15, 0.2) is 24.3 Å². The maximum atomic E-state index is 13.2. The topological polar surface area (TPSA) is 50.9 Å². The van der Waals surface area contributed by atoms with Crippen LogP contribution in [0.2, 0.25) is 0 Å². The van der Waals surface area contributed by atoms with Crippen molar-refractivity contribution in [2.75, 3.05) is 0 Å². The van der Waals surface area contributed by atoms with E-state index in [4.69, 9.17) is 0 Å². The predicted molar refractivity (Wildman–Crippen MR) is 66.2 cm³/mol. The number of aliphatic hydroxyl groups excluding tert-OH is 1. The molecular formula is C13H16FN3O. The van der Waals surface area contributed by atoms with Crippen molar-refractivity contribution >= 4 is 0 Å². The molecule has 0 saturated carbocycles. The Morgan fingerprint density at radius 1 is 1.33 bits per heavy atom. The molecule has 0 unspecified atom stereocenters. The van der Waals surface area contributed by atoms with E-state index in [2.05, 4.69) is 24.0 Å². The molecule has 0 bridgehead atoms. The highest BCUT2D eigenvalue weighted by Crippen LogP contribution is 2.20. The number of nitrogens with zero attached hydrogens (tertiary/aromatic N) is 3. The first-order valence-electron chi connectivity index (χ1n) is 5.90. The highest BCUT2D eigenvalue weighted by atomic mass is 19.1. The zero-order valence-corrected chi connectivity index (χ0v) is 10.5. The zero-order valence-electron chi connectivity index (χ0n) is 10.5. The summed E-state index contributed by atoms with van der Waals surface area (Å²) in [5, 5.41) is 17.2. The molecule has 2 aromatic rings. The SMILES string of the molecule is CC(C)Cn1c(CO)nnc1-c1cccc(F)c1. The summed E-state index contributed by atoms with van der Waals surface area (Å²) in [7, 11) is 0. The molecule has 1 aromatic carbocycles. The second-order valence-corrected chi connectivity index (χ2v) is 4.61. The zero-order chi connectivity index (χ0) is 13.1. The fourth-order valence-electron chi connectivity index (χ4n) is 1.85. The Bertz CT molecular complexity index is 537. The van der Waals surface area contributed by atoms with Crippen molar-refractivity contribution in [2.45, 2.75) is 27.0 Å². The van der Waals surface area contributed by atoms with Crippen LogP contribution in [0.3, 0.4) is 0 Å². The molecule has 1 aromatic heterocycles. The molecule has 0 amide bonds. The van der Waals surface area contributed by atoms with Crippen LogP contribution in [0.1, 0.15) is 19.7 Å². The summed E-state index contributed by atoms with van der Waals surface area (Å²) >= 11 is 0. The quantitative estimate of drug-likeness (QED) is 0.904. The summed E-state index contributed by atoms with van der Waals surface area (Å²) in [5.74, 6) is 1.17. The minimum atomic E-state index is -0.308. The van der Waals surface area contributed by atoms with Crippen molar-refractivity contribution in [3.05, 3.63) is 35.9 Å². The second-order valence-electron chi connectivity index (χ2n) is 4.61. The maximum absolute atomic E-state index is 13.2. The van der Waals surface area contributed by atoms with Crippen LogP contribution in [0.5, 0.6) is 0 Å². The average Bonchev–Trinajstić information content (AvgIpc) is 2.71. The van der Waals surface area contributed by atoms with E-state index >= 15 is 0 Å². The molecule has 0 aliphatic heterocycles. The van der Waals surface area contributed by atoms with Crippen LogP contribution in [-0.4, -0.2) is 19.9 Å². The molecule has 0 aliphatic carbocycles. The van der Waals surface area contributed by atoms with E-state index in [-0.39, 0.29) is 12.4 Å². The van der Waals surface area contributed by atoms with Crippen molar-refractivity contribution in [1.29, 1.82) is 0 Å². The lowest BCUT2D eigenvalue weighted by Gasteiger charge is -2.11. The van der Waals surface area contributed by atoms with E-state index in [0.717, 1.165) is 0 Å². The molecule has 0 fully saturated rings. The minimum Gasteiger partial charge on any atom is -0.388 e. The smallest absolute Gasteiger partial charge is 0.164 e. The molecule has 0 saturated heterocycles. The average molecular weight is 249 g/mol. The molecule has 1 heterocycles. The monoisotopic (exact) mass is 249 g/mol. The largest absolute Gasteiger partial charge is 0.388 e. The second kappa shape index (κ2) is 5.27. The van der Waals surface area contributed by atoms with Gasteiger partial charge in [0.1, 0.15) is 12.4 Å². The number of aromatic nitrogens is 3. The molecule has 18 heavy (non-hydrogen) atoms. The fourth-order valence-corrected chi connectivity index (χ4v) is 1.85. The van der Waals surface area contributed by atoms with Gasteiger partial charge in [0.2, 0.25) is 0 Å². The van der Waals surface area contributed by atoms with Crippen molar-refractivity contribution in [3.8, 4) is 11.4 Å². The Morgan fingerprint density at radius 2 is 2.11 bits per heavy atom. The Hall–Kier alpha value is -1.75. The van der Waals surface area contributed by atoms with Gasteiger partial charge in [0, 0.05) is 12.1 Å². The number of hydrogen-bond acceptors (Lipinski definition) is 3. The van der Waals surface area contributed by atoms with Crippen molar-refractivity contribution in [3.63, 3.8) is 0 Å². The van der Waals surface area contributed by atoms with Gasteiger partial charge in [0.25, 0.3) is 0 Å².